The van der Waals surface area contributed by atoms with Gasteiger partial charge in [0.1, 0.15) is 0 Å². The monoisotopic (exact) mass is 167 g/mol. The Kier molecular flexibility index (Phi) is 2.40. The van der Waals surface area contributed by atoms with Crippen LogP contribution >= 0.6 is 0 Å². The molecular formula is C11H21N. The summed E-state index contributed by atoms with van der Waals surface area (Å²) in [7, 11) is 2.13. The van der Waals surface area contributed by atoms with E-state index < -0.39 is 0 Å². The van der Waals surface area contributed by atoms with Gasteiger partial charge in [-0.15, -0.1) is 0 Å². The van der Waals surface area contributed by atoms with Gasteiger partial charge in [-0.2, -0.15) is 0 Å². The van der Waals surface area contributed by atoms with Crippen molar-refractivity contribution in [3.63, 3.8) is 0 Å². The third kappa shape index (κ3) is 1.19. The van der Waals surface area contributed by atoms with Crippen molar-refractivity contribution in [2.45, 2.75) is 45.1 Å². The van der Waals surface area contributed by atoms with E-state index in [9.17, 15) is 0 Å². The first kappa shape index (κ1) is 8.55. The average molecular weight is 167 g/mol. The van der Waals surface area contributed by atoms with E-state index in [4.69, 9.17) is 0 Å². The largest absolute Gasteiger partial charge is 0.316 e. The van der Waals surface area contributed by atoms with Gasteiger partial charge in [-0.05, 0) is 37.6 Å². The van der Waals surface area contributed by atoms with Crippen molar-refractivity contribution in [3.8, 4) is 0 Å². The van der Waals surface area contributed by atoms with Crippen molar-refractivity contribution in [3.05, 3.63) is 0 Å². The molecule has 0 aliphatic heterocycles. The normalized spacial score (nSPS) is 47.5. The molecular weight excluding hydrogens is 146 g/mol. The molecule has 0 saturated heterocycles. The molecule has 2 aliphatic rings. The molecule has 2 rings (SSSR count). The van der Waals surface area contributed by atoms with E-state index in [0.29, 0.717) is 0 Å². The lowest BCUT2D eigenvalue weighted by molar-refractivity contribution is 0.0238. The zero-order chi connectivity index (χ0) is 8.55. The third-order valence-electron chi connectivity index (χ3n) is 4.16. The first-order valence-corrected chi connectivity index (χ1v) is 5.52. The SMILES string of the molecule is CNC1C(C)C2CCCCCC21. The fourth-order valence-corrected chi connectivity index (χ4v) is 3.45. The summed E-state index contributed by atoms with van der Waals surface area (Å²) in [6.07, 6.45) is 7.44. The summed E-state index contributed by atoms with van der Waals surface area (Å²) in [5.41, 5.74) is 0. The lowest BCUT2D eigenvalue weighted by Crippen LogP contribution is -2.55. The van der Waals surface area contributed by atoms with Crippen molar-refractivity contribution >= 4 is 0 Å². The molecule has 2 saturated carbocycles. The Morgan fingerprint density at radius 1 is 1.00 bits per heavy atom. The fourth-order valence-electron chi connectivity index (χ4n) is 3.45. The van der Waals surface area contributed by atoms with Crippen molar-refractivity contribution in [1.82, 2.24) is 5.32 Å². The summed E-state index contributed by atoms with van der Waals surface area (Å²) in [5, 5.41) is 3.48. The summed E-state index contributed by atoms with van der Waals surface area (Å²) in [4.78, 5) is 0. The fraction of sp³-hybridized carbons (Fsp3) is 1.00. The minimum absolute atomic E-state index is 0.841. The summed E-state index contributed by atoms with van der Waals surface area (Å²) in [6.45, 7) is 2.42. The number of fused-ring (bicyclic) bond motifs is 1. The topological polar surface area (TPSA) is 12.0 Å². The second-order valence-corrected chi connectivity index (χ2v) is 4.64. The third-order valence-corrected chi connectivity index (χ3v) is 4.16. The van der Waals surface area contributed by atoms with E-state index in [2.05, 4.69) is 19.3 Å². The van der Waals surface area contributed by atoms with E-state index in [-0.39, 0.29) is 0 Å². The van der Waals surface area contributed by atoms with Gasteiger partial charge in [0.05, 0.1) is 0 Å². The lowest BCUT2D eigenvalue weighted by atomic mass is 9.59. The smallest absolute Gasteiger partial charge is 0.0123 e. The maximum absolute atomic E-state index is 3.48. The Hall–Kier alpha value is -0.0400. The van der Waals surface area contributed by atoms with Crippen LogP contribution in [0.5, 0.6) is 0 Å². The van der Waals surface area contributed by atoms with Gasteiger partial charge >= 0.3 is 0 Å². The number of rotatable bonds is 1. The quantitative estimate of drug-likeness (QED) is 0.632. The van der Waals surface area contributed by atoms with Gasteiger partial charge in [0, 0.05) is 6.04 Å². The van der Waals surface area contributed by atoms with Crippen molar-refractivity contribution in [2.75, 3.05) is 7.05 Å². The molecule has 0 aromatic rings. The molecule has 1 heteroatoms. The lowest BCUT2D eigenvalue weighted by Gasteiger charge is -2.50. The Morgan fingerprint density at radius 3 is 2.33 bits per heavy atom. The molecule has 0 aromatic heterocycles. The molecule has 4 atom stereocenters. The first-order chi connectivity index (χ1) is 5.84. The van der Waals surface area contributed by atoms with E-state index in [1.807, 2.05) is 0 Å². The highest BCUT2D eigenvalue weighted by Crippen LogP contribution is 2.47. The maximum atomic E-state index is 3.48. The van der Waals surface area contributed by atoms with Crippen LogP contribution in [0.4, 0.5) is 0 Å². The molecule has 70 valence electrons. The minimum atomic E-state index is 0.841. The van der Waals surface area contributed by atoms with Crippen LogP contribution in [0.25, 0.3) is 0 Å². The predicted octanol–water partition coefficient (Wildman–Crippen LogP) is 2.42. The van der Waals surface area contributed by atoms with Crippen LogP contribution in [0.2, 0.25) is 0 Å². The van der Waals surface area contributed by atoms with Gasteiger partial charge in [0.2, 0.25) is 0 Å². The predicted molar refractivity (Wildman–Crippen MR) is 52.1 cm³/mol. The van der Waals surface area contributed by atoms with Crippen LogP contribution in [-0.4, -0.2) is 13.1 Å². The highest BCUT2D eigenvalue weighted by atomic mass is 14.9. The molecule has 12 heavy (non-hydrogen) atoms. The van der Waals surface area contributed by atoms with Crippen LogP contribution in [0.3, 0.4) is 0 Å². The maximum Gasteiger partial charge on any atom is 0.0123 e. The number of nitrogens with one attached hydrogen (secondary N) is 1. The van der Waals surface area contributed by atoms with Gasteiger partial charge in [-0.1, -0.05) is 26.2 Å². The Bertz CT molecular complexity index is 155. The van der Waals surface area contributed by atoms with Gasteiger partial charge < -0.3 is 5.32 Å². The van der Waals surface area contributed by atoms with Crippen LogP contribution in [-0.2, 0) is 0 Å². The second kappa shape index (κ2) is 3.37. The molecule has 0 spiro atoms. The molecule has 2 aliphatic carbocycles. The van der Waals surface area contributed by atoms with E-state index in [0.717, 1.165) is 23.8 Å². The van der Waals surface area contributed by atoms with Gasteiger partial charge in [0.25, 0.3) is 0 Å². The highest BCUT2D eigenvalue weighted by Gasteiger charge is 2.46. The Balaban J connectivity index is 1.98. The van der Waals surface area contributed by atoms with Gasteiger partial charge in [-0.25, -0.2) is 0 Å². The summed E-state index contributed by atoms with van der Waals surface area (Å²) >= 11 is 0. The van der Waals surface area contributed by atoms with Crippen molar-refractivity contribution in [1.29, 1.82) is 0 Å². The van der Waals surface area contributed by atoms with Crippen LogP contribution in [0.1, 0.15) is 39.0 Å². The molecule has 1 nitrogen and oxygen atoms in total. The zero-order valence-electron chi connectivity index (χ0n) is 8.34. The summed E-state index contributed by atoms with van der Waals surface area (Å²) in [6, 6.07) is 0.841. The highest BCUT2D eigenvalue weighted by molar-refractivity contribution is 4.99. The molecule has 0 amide bonds. The van der Waals surface area contributed by atoms with E-state index in [1.54, 1.807) is 0 Å². The van der Waals surface area contributed by atoms with E-state index >= 15 is 0 Å². The molecule has 1 N–H and O–H groups in total. The number of hydrogen-bond donors (Lipinski definition) is 1. The molecule has 0 aromatic carbocycles. The first-order valence-electron chi connectivity index (χ1n) is 5.52. The number of hydrogen-bond acceptors (Lipinski definition) is 1. The Morgan fingerprint density at radius 2 is 1.67 bits per heavy atom. The molecule has 2 fully saturated rings. The molecule has 0 radical (unpaired) electrons. The van der Waals surface area contributed by atoms with Gasteiger partial charge in [0.15, 0.2) is 0 Å². The van der Waals surface area contributed by atoms with Crippen LogP contribution in [0.15, 0.2) is 0 Å². The second-order valence-electron chi connectivity index (χ2n) is 4.64. The summed E-state index contributed by atoms with van der Waals surface area (Å²) in [5.74, 6) is 3.02. The average Bonchev–Trinajstić information content (AvgIpc) is 2.28. The van der Waals surface area contributed by atoms with Crippen molar-refractivity contribution in [2.24, 2.45) is 17.8 Å². The van der Waals surface area contributed by atoms with Crippen LogP contribution in [0, 0.1) is 17.8 Å². The minimum Gasteiger partial charge on any atom is -0.316 e. The molecule has 4 unspecified atom stereocenters. The van der Waals surface area contributed by atoms with E-state index in [1.165, 1.54) is 32.1 Å². The molecule has 0 heterocycles. The van der Waals surface area contributed by atoms with Gasteiger partial charge in [-0.3, -0.25) is 0 Å². The Labute approximate surface area is 75.9 Å². The summed E-state index contributed by atoms with van der Waals surface area (Å²) < 4.78 is 0. The standard InChI is InChI=1S/C11H21N/c1-8-9-6-4-3-5-7-10(9)11(8)12-2/h8-12H,3-7H2,1-2H3. The van der Waals surface area contributed by atoms with Crippen LogP contribution < -0.4 is 5.32 Å². The van der Waals surface area contributed by atoms with Crippen molar-refractivity contribution < 1.29 is 0 Å². The zero-order valence-corrected chi connectivity index (χ0v) is 8.34. The molecule has 0 bridgehead atoms.